The highest BCUT2D eigenvalue weighted by Crippen LogP contribution is 2.67. The first kappa shape index (κ1) is 7.73. The lowest BCUT2D eigenvalue weighted by Gasteiger charge is -2.55. The fourth-order valence-corrected chi connectivity index (χ4v) is 4.78. The smallest absolute Gasteiger partial charge is 0.00164 e. The summed E-state index contributed by atoms with van der Waals surface area (Å²) >= 11 is 0. The average Bonchev–Trinajstić information content (AvgIpc) is 2.72. The third-order valence-electron chi connectivity index (χ3n) is 5.49. The van der Waals surface area contributed by atoms with Crippen LogP contribution in [-0.2, 0) is 0 Å². The van der Waals surface area contributed by atoms with Crippen LogP contribution in [0.15, 0.2) is 23.8 Å². The predicted octanol–water partition coefficient (Wildman–Crippen LogP) is 3.70. The molecule has 0 heteroatoms. The number of fused-ring (bicyclic) bond motifs is 2. The maximum absolute atomic E-state index is 2.65. The first-order chi connectivity index (χ1) is 6.90. The summed E-state index contributed by atoms with van der Waals surface area (Å²) in [6, 6.07) is 0. The van der Waals surface area contributed by atoms with E-state index >= 15 is 0 Å². The summed E-state index contributed by atoms with van der Waals surface area (Å²) in [5, 5.41) is 0. The SMILES string of the molecule is C1=C[C@@H]2C=C3CCC[C@@]34CCC4[C@@H]2C1. The highest BCUT2D eigenvalue weighted by molar-refractivity contribution is 5.33. The van der Waals surface area contributed by atoms with Gasteiger partial charge in [0.15, 0.2) is 0 Å². The molecule has 0 aromatic heterocycles. The van der Waals surface area contributed by atoms with Crippen LogP contribution in [0, 0.1) is 23.2 Å². The molecule has 0 aromatic carbocycles. The van der Waals surface area contributed by atoms with Crippen LogP contribution in [0.4, 0.5) is 0 Å². The third-order valence-corrected chi connectivity index (χ3v) is 5.49. The van der Waals surface area contributed by atoms with E-state index in [9.17, 15) is 0 Å². The minimum Gasteiger partial charge on any atom is -0.0876 e. The monoisotopic (exact) mass is 186 g/mol. The summed E-state index contributed by atoms with van der Waals surface area (Å²) in [7, 11) is 0. The second kappa shape index (κ2) is 2.35. The van der Waals surface area contributed by atoms with Crippen molar-refractivity contribution in [3.63, 3.8) is 0 Å². The summed E-state index contributed by atoms with van der Waals surface area (Å²) < 4.78 is 0. The highest BCUT2D eigenvalue weighted by Gasteiger charge is 2.57. The normalized spacial score (nSPS) is 53.1. The number of allylic oxidation sites excluding steroid dienone is 4. The standard InChI is InChI=1S/C14H18/c1-3-10-9-11-4-2-7-14(11)8-6-13(14)12(10)5-1/h1,3,9-10,12-13H,2,4-8H2/t10-,12-,13?,14-/m1/s1. The molecule has 14 heavy (non-hydrogen) atoms. The Morgan fingerprint density at radius 1 is 1.29 bits per heavy atom. The number of rotatable bonds is 0. The molecule has 0 N–H and O–H groups in total. The Morgan fingerprint density at radius 3 is 3.14 bits per heavy atom. The van der Waals surface area contributed by atoms with Gasteiger partial charge in [-0.3, -0.25) is 0 Å². The first-order valence-corrected chi connectivity index (χ1v) is 6.28. The molecule has 0 nitrogen and oxygen atoms in total. The number of hydrogen-bond donors (Lipinski definition) is 0. The molecule has 74 valence electrons. The maximum Gasteiger partial charge on any atom is -0.00164 e. The Hall–Kier alpha value is -0.520. The van der Waals surface area contributed by atoms with Crippen molar-refractivity contribution in [3.8, 4) is 0 Å². The zero-order valence-electron chi connectivity index (χ0n) is 8.71. The van der Waals surface area contributed by atoms with Gasteiger partial charge in [0.2, 0.25) is 0 Å². The summed E-state index contributed by atoms with van der Waals surface area (Å²) in [6.45, 7) is 0. The minimum absolute atomic E-state index is 0.743. The highest BCUT2D eigenvalue weighted by atomic mass is 14.6. The van der Waals surface area contributed by atoms with Crippen LogP contribution in [0.2, 0.25) is 0 Å². The second-order valence-electron chi connectivity index (χ2n) is 5.75. The summed E-state index contributed by atoms with van der Waals surface area (Å²) in [5.74, 6) is 2.91. The molecular formula is C14H18. The van der Waals surface area contributed by atoms with Crippen LogP contribution in [-0.4, -0.2) is 0 Å². The minimum atomic E-state index is 0.743. The molecule has 0 aromatic rings. The predicted molar refractivity (Wildman–Crippen MR) is 57.8 cm³/mol. The van der Waals surface area contributed by atoms with E-state index in [1.165, 1.54) is 38.5 Å². The van der Waals surface area contributed by atoms with E-state index in [1.54, 1.807) is 0 Å². The molecule has 1 spiro atoms. The van der Waals surface area contributed by atoms with Gasteiger partial charge >= 0.3 is 0 Å². The molecule has 2 saturated carbocycles. The van der Waals surface area contributed by atoms with Gasteiger partial charge in [-0.15, -0.1) is 0 Å². The molecule has 4 aliphatic carbocycles. The summed E-state index contributed by atoms with van der Waals surface area (Å²) in [4.78, 5) is 0. The molecule has 0 heterocycles. The fraction of sp³-hybridized carbons (Fsp3) is 0.714. The van der Waals surface area contributed by atoms with Crippen LogP contribution in [0.25, 0.3) is 0 Å². The molecule has 1 unspecified atom stereocenters. The quantitative estimate of drug-likeness (QED) is 0.506. The second-order valence-corrected chi connectivity index (χ2v) is 5.75. The van der Waals surface area contributed by atoms with E-state index in [0.29, 0.717) is 0 Å². The molecule has 0 bridgehead atoms. The Bertz CT molecular complexity index is 336. The van der Waals surface area contributed by atoms with Crippen molar-refractivity contribution in [3.05, 3.63) is 23.8 Å². The molecule has 0 amide bonds. The lowest BCUT2D eigenvalue weighted by Crippen LogP contribution is -2.47. The summed E-state index contributed by atoms with van der Waals surface area (Å²) in [5.41, 5.74) is 2.61. The molecule has 4 aliphatic rings. The Labute approximate surface area is 86.1 Å². The van der Waals surface area contributed by atoms with Crippen LogP contribution >= 0.6 is 0 Å². The van der Waals surface area contributed by atoms with Gasteiger partial charge in [-0.1, -0.05) is 23.8 Å². The Balaban J connectivity index is 1.83. The van der Waals surface area contributed by atoms with Gasteiger partial charge in [0.1, 0.15) is 0 Å². The van der Waals surface area contributed by atoms with Crippen LogP contribution in [0.1, 0.15) is 38.5 Å². The van der Waals surface area contributed by atoms with Crippen molar-refractivity contribution in [1.29, 1.82) is 0 Å². The zero-order valence-corrected chi connectivity index (χ0v) is 8.71. The van der Waals surface area contributed by atoms with Crippen LogP contribution < -0.4 is 0 Å². The van der Waals surface area contributed by atoms with Gasteiger partial charge in [0.05, 0.1) is 0 Å². The molecule has 0 aliphatic heterocycles. The Morgan fingerprint density at radius 2 is 2.29 bits per heavy atom. The lowest BCUT2D eigenvalue weighted by molar-refractivity contribution is 0.00715. The topological polar surface area (TPSA) is 0 Å². The van der Waals surface area contributed by atoms with Crippen molar-refractivity contribution >= 4 is 0 Å². The molecule has 0 saturated heterocycles. The molecule has 2 fully saturated rings. The van der Waals surface area contributed by atoms with Gasteiger partial charge in [0, 0.05) is 0 Å². The van der Waals surface area contributed by atoms with E-state index < -0.39 is 0 Å². The van der Waals surface area contributed by atoms with Gasteiger partial charge in [0.25, 0.3) is 0 Å². The largest absolute Gasteiger partial charge is 0.0876 e. The van der Waals surface area contributed by atoms with E-state index in [0.717, 1.165) is 23.2 Å². The van der Waals surface area contributed by atoms with E-state index in [1.807, 2.05) is 5.57 Å². The molecule has 4 rings (SSSR count). The maximum atomic E-state index is 2.65. The van der Waals surface area contributed by atoms with Crippen LogP contribution in [0.5, 0.6) is 0 Å². The van der Waals surface area contributed by atoms with Crippen molar-refractivity contribution < 1.29 is 0 Å². The van der Waals surface area contributed by atoms with Crippen molar-refractivity contribution in [2.45, 2.75) is 38.5 Å². The summed E-state index contributed by atoms with van der Waals surface area (Å²) in [6.07, 6.45) is 16.4. The van der Waals surface area contributed by atoms with Gasteiger partial charge in [-0.25, -0.2) is 0 Å². The van der Waals surface area contributed by atoms with Crippen molar-refractivity contribution in [1.82, 2.24) is 0 Å². The van der Waals surface area contributed by atoms with Gasteiger partial charge in [-0.2, -0.15) is 0 Å². The average molecular weight is 186 g/mol. The molecule has 0 radical (unpaired) electrons. The third kappa shape index (κ3) is 0.699. The van der Waals surface area contributed by atoms with E-state index in [2.05, 4.69) is 18.2 Å². The van der Waals surface area contributed by atoms with E-state index in [4.69, 9.17) is 0 Å². The van der Waals surface area contributed by atoms with Crippen LogP contribution in [0.3, 0.4) is 0 Å². The van der Waals surface area contributed by atoms with Gasteiger partial charge < -0.3 is 0 Å². The fourth-order valence-electron chi connectivity index (χ4n) is 4.78. The first-order valence-electron chi connectivity index (χ1n) is 6.28. The van der Waals surface area contributed by atoms with Crippen molar-refractivity contribution in [2.24, 2.45) is 23.2 Å². The molecular weight excluding hydrogens is 168 g/mol. The van der Waals surface area contributed by atoms with Crippen molar-refractivity contribution in [2.75, 3.05) is 0 Å². The number of hydrogen-bond acceptors (Lipinski definition) is 0. The Kier molecular flexibility index (Phi) is 1.30. The lowest BCUT2D eigenvalue weighted by atomic mass is 9.49. The van der Waals surface area contributed by atoms with Gasteiger partial charge in [-0.05, 0) is 61.7 Å². The van der Waals surface area contributed by atoms with E-state index in [-0.39, 0.29) is 0 Å². The zero-order chi connectivity index (χ0) is 9.17. The molecule has 4 atom stereocenters.